The molecule has 10 heteroatoms. The van der Waals surface area contributed by atoms with Gasteiger partial charge in [-0.05, 0) is 43.2 Å². The Morgan fingerprint density at radius 1 is 1.24 bits per heavy atom. The van der Waals surface area contributed by atoms with Crippen LogP contribution >= 0.6 is 0 Å². The molecule has 2 N–H and O–H groups in total. The highest BCUT2D eigenvalue weighted by molar-refractivity contribution is 5.93. The summed E-state index contributed by atoms with van der Waals surface area (Å²) in [6.07, 6.45) is 5.31. The maximum atomic E-state index is 12.9. The fraction of sp³-hybridized carbons (Fsp3) is 0.261. The number of amides is 1. The molecule has 3 aromatic heterocycles. The number of pyridine rings is 1. The van der Waals surface area contributed by atoms with E-state index in [9.17, 15) is 9.59 Å². The van der Waals surface area contributed by atoms with Gasteiger partial charge in [0.05, 0.1) is 19.3 Å². The van der Waals surface area contributed by atoms with Gasteiger partial charge in [-0.15, -0.1) is 5.10 Å². The van der Waals surface area contributed by atoms with Crippen molar-refractivity contribution in [2.75, 3.05) is 13.7 Å². The number of aromatic amines is 1. The molecule has 1 aliphatic carbocycles. The van der Waals surface area contributed by atoms with E-state index in [1.54, 1.807) is 30.1 Å². The molecule has 0 spiro atoms. The first kappa shape index (κ1) is 20.7. The number of aromatic nitrogens is 6. The fourth-order valence-electron chi connectivity index (χ4n) is 3.72. The second-order valence-electron chi connectivity index (χ2n) is 7.80. The quantitative estimate of drug-likeness (QED) is 0.429. The van der Waals surface area contributed by atoms with E-state index < -0.39 is 0 Å². The Bertz CT molecular complexity index is 1340. The minimum Gasteiger partial charge on any atom is -0.496 e. The second kappa shape index (κ2) is 8.73. The van der Waals surface area contributed by atoms with E-state index >= 15 is 0 Å². The number of carbonyl (C=O) groups is 1. The van der Waals surface area contributed by atoms with Gasteiger partial charge in [-0.1, -0.05) is 12.1 Å². The first-order valence-corrected chi connectivity index (χ1v) is 10.7. The number of hydrogen-bond donors (Lipinski definition) is 2. The minimum atomic E-state index is -0.314. The third kappa shape index (κ3) is 4.14. The first-order chi connectivity index (χ1) is 16.2. The lowest BCUT2D eigenvalue weighted by Gasteiger charge is -2.04. The lowest BCUT2D eigenvalue weighted by molar-refractivity contribution is 0.0946. The Hall–Kier alpha value is -4.21. The zero-order chi connectivity index (χ0) is 22.8. The van der Waals surface area contributed by atoms with E-state index in [0.29, 0.717) is 23.0 Å². The van der Waals surface area contributed by atoms with Crippen LogP contribution in [-0.4, -0.2) is 49.1 Å². The zero-order valence-electron chi connectivity index (χ0n) is 18.1. The van der Waals surface area contributed by atoms with Gasteiger partial charge < -0.3 is 10.1 Å². The molecular weight excluding hydrogens is 422 g/mol. The highest BCUT2D eigenvalue weighted by Gasteiger charge is 2.30. The Morgan fingerprint density at radius 2 is 2.09 bits per heavy atom. The monoisotopic (exact) mass is 445 g/mol. The lowest BCUT2D eigenvalue weighted by atomic mass is 10.1. The number of nitrogens with zero attached hydrogens (tertiary/aromatic N) is 5. The van der Waals surface area contributed by atoms with Gasteiger partial charge in [0.1, 0.15) is 11.4 Å². The van der Waals surface area contributed by atoms with Crippen molar-refractivity contribution in [2.45, 2.75) is 25.4 Å². The predicted molar refractivity (Wildman–Crippen MR) is 121 cm³/mol. The molecule has 1 saturated carbocycles. The number of benzene rings is 1. The molecule has 1 fully saturated rings. The van der Waals surface area contributed by atoms with Crippen molar-refractivity contribution in [3.63, 3.8) is 0 Å². The number of hydrogen-bond acceptors (Lipinski definition) is 6. The average Bonchev–Trinajstić information content (AvgIpc) is 3.46. The summed E-state index contributed by atoms with van der Waals surface area (Å²) in [6, 6.07) is 13.0. The van der Waals surface area contributed by atoms with E-state index in [1.807, 2.05) is 36.4 Å². The molecule has 4 aromatic rings. The normalized spacial score (nSPS) is 13.1. The molecule has 0 unspecified atom stereocenters. The van der Waals surface area contributed by atoms with Crippen LogP contribution in [0.15, 0.2) is 59.7 Å². The van der Waals surface area contributed by atoms with Gasteiger partial charge in [0.15, 0.2) is 5.82 Å². The van der Waals surface area contributed by atoms with Crippen LogP contribution < -0.4 is 15.7 Å². The summed E-state index contributed by atoms with van der Waals surface area (Å²) >= 11 is 0. The van der Waals surface area contributed by atoms with E-state index in [-0.39, 0.29) is 30.7 Å². The molecule has 0 atom stereocenters. The summed E-state index contributed by atoms with van der Waals surface area (Å²) < 4.78 is 8.49. The number of carbonyl (C=O) groups excluding carboxylic acids is 1. The highest BCUT2D eigenvalue weighted by atomic mass is 16.5. The number of para-hydroxylation sites is 1. The summed E-state index contributed by atoms with van der Waals surface area (Å²) in [7, 11) is 1.59. The number of nitrogens with one attached hydrogen (secondary N) is 2. The van der Waals surface area contributed by atoms with Gasteiger partial charge in [0, 0.05) is 36.1 Å². The summed E-state index contributed by atoms with van der Waals surface area (Å²) in [5.41, 5.74) is 2.34. The SMILES string of the molecule is COc1ccccc1-c1cc(C(=O)NCCn2nc(-c3cccnc3)n(C3CC3)c2=O)[nH]n1. The van der Waals surface area contributed by atoms with Crippen molar-refractivity contribution in [1.29, 1.82) is 0 Å². The highest BCUT2D eigenvalue weighted by Crippen LogP contribution is 2.36. The van der Waals surface area contributed by atoms with Crippen LogP contribution in [0.5, 0.6) is 5.75 Å². The molecule has 1 aliphatic rings. The predicted octanol–water partition coefficient (Wildman–Crippen LogP) is 2.27. The van der Waals surface area contributed by atoms with Gasteiger partial charge in [0.2, 0.25) is 0 Å². The number of ether oxygens (including phenoxy) is 1. The van der Waals surface area contributed by atoms with Gasteiger partial charge in [0.25, 0.3) is 5.91 Å². The smallest absolute Gasteiger partial charge is 0.346 e. The topological polar surface area (TPSA) is 120 Å². The van der Waals surface area contributed by atoms with Crippen LogP contribution in [0.4, 0.5) is 0 Å². The molecule has 1 amide bonds. The number of methoxy groups -OCH3 is 1. The molecule has 0 bridgehead atoms. The number of H-pyrrole nitrogens is 1. The van der Waals surface area contributed by atoms with Crippen LogP contribution in [0.25, 0.3) is 22.6 Å². The maximum absolute atomic E-state index is 12.9. The fourth-order valence-corrected chi connectivity index (χ4v) is 3.72. The van der Waals surface area contributed by atoms with Gasteiger partial charge >= 0.3 is 5.69 Å². The third-order valence-corrected chi connectivity index (χ3v) is 5.52. The molecule has 5 rings (SSSR count). The molecule has 33 heavy (non-hydrogen) atoms. The first-order valence-electron chi connectivity index (χ1n) is 10.7. The van der Waals surface area contributed by atoms with Crippen molar-refractivity contribution in [3.8, 4) is 28.4 Å². The van der Waals surface area contributed by atoms with E-state index in [2.05, 4.69) is 25.6 Å². The molecule has 10 nitrogen and oxygen atoms in total. The Kier molecular flexibility index (Phi) is 5.47. The summed E-state index contributed by atoms with van der Waals surface area (Å²) in [6.45, 7) is 0.501. The van der Waals surface area contributed by atoms with E-state index in [0.717, 1.165) is 24.0 Å². The van der Waals surface area contributed by atoms with Crippen molar-refractivity contribution in [1.82, 2.24) is 34.8 Å². The van der Waals surface area contributed by atoms with Crippen LogP contribution in [0.1, 0.15) is 29.4 Å². The van der Waals surface area contributed by atoms with Gasteiger partial charge in [-0.2, -0.15) is 5.10 Å². The third-order valence-electron chi connectivity index (χ3n) is 5.52. The van der Waals surface area contributed by atoms with E-state index in [1.165, 1.54) is 4.68 Å². The van der Waals surface area contributed by atoms with Gasteiger partial charge in [-0.3, -0.25) is 19.4 Å². The molecule has 3 heterocycles. The number of rotatable bonds is 8. The second-order valence-corrected chi connectivity index (χ2v) is 7.80. The van der Waals surface area contributed by atoms with Crippen LogP contribution in [-0.2, 0) is 6.54 Å². The summed E-state index contributed by atoms with van der Waals surface area (Å²) in [5, 5.41) is 14.3. The molecular formula is C23H23N7O3. The molecule has 168 valence electrons. The summed E-state index contributed by atoms with van der Waals surface area (Å²) in [5.74, 6) is 0.966. The minimum absolute atomic E-state index is 0.175. The molecule has 0 radical (unpaired) electrons. The van der Waals surface area contributed by atoms with Crippen LogP contribution in [0, 0.1) is 0 Å². The zero-order valence-corrected chi connectivity index (χ0v) is 18.1. The lowest BCUT2D eigenvalue weighted by Crippen LogP contribution is -2.32. The Labute approximate surface area is 189 Å². The molecule has 0 aliphatic heterocycles. The maximum Gasteiger partial charge on any atom is 0.346 e. The standard InChI is InChI=1S/C23H23N7O3/c1-33-20-7-3-2-6-17(20)18-13-19(27-26-18)22(31)25-11-12-29-23(32)30(16-8-9-16)21(28-29)15-5-4-10-24-14-15/h2-7,10,13-14,16H,8-9,11-12H2,1H3,(H,25,31)(H,26,27). The average molecular weight is 445 g/mol. The van der Waals surface area contributed by atoms with Crippen molar-refractivity contribution < 1.29 is 9.53 Å². The van der Waals surface area contributed by atoms with Crippen molar-refractivity contribution in [2.24, 2.45) is 0 Å². The van der Waals surface area contributed by atoms with E-state index in [4.69, 9.17) is 4.74 Å². The van der Waals surface area contributed by atoms with Crippen molar-refractivity contribution in [3.05, 3.63) is 71.0 Å². The van der Waals surface area contributed by atoms with Crippen LogP contribution in [0.3, 0.4) is 0 Å². The summed E-state index contributed by atoms with van der Waals surface area (Å²) in [4.78, 5) is 29.6. The van der Waals surface area contributed by atoms with Crippen LogP contribution in [0.2, 0.25) is 0 Å². The Balaban J connectivity index is 1.27. The van der Waals surface area contributed by atoms with Crippen molar-refractivity contribution >= 4 is 5.91 Å². The van der Waals surface area contributed by atoms with Gasteiger partial charge in [-0.25, -0.2) is 9.48 Å². The Morgan fingerprint density at radius 3 is 2.85 bits per heavy atom. The largest absolute Gasteiger partial charge is 0.496 e. The molecule has 0 saturated heterocycles. The molecule has 1 aromatic carbocycles.